The average molecular weight is 397 g/mol. The van der Waals surface area contributed by atoms with Gasteiger partial charge in [-0.05, 0) is 63.9 Å². The van der Waals surface area contributed by atoms with E-state index >= 15 is 0 Å². The zero-order valence-electron chi connectivity index (χ0n) is 16.9. The molecule has 1 aliphatic heterocycles. The van der Waals surface area contributed by atoms with Crippen LogP contribution in [0, 0.1) is 0 Å². The van der Waals surface area contributed by atoms with Crippen molar-refractivity contribution in [1.29, 1.82) is 0 Å². The van der Waals surface area contributed by atoms with Crippen LogP contribution in [-0.2, 0) is 6.42 Å². The van der Waals surface area contributed by atoms with Gasteiger partial charge in [-0.1, -0.05) is 72.8 Å². The minimum Gasteiger partial charge on any atom is -0.453 e. The van der Waals surface area contributed by atoms with Crippen LogP contribution in [0.2, 0.25) is 0 Å². The van der Waals surface area contributed by atoms with Crippen LogP contribution in [-0.4, -0.2) is 0 Å². The predicted octanol–water partition coefficient (Wildman–Crippen LogP) is 8.14. The van der Waals surface area contributed by atoms with Crippen molar-refractivity contribution in [2.24, 2.45) is 0 Å². The second-order valence-electron chi connectivity index (χ2n) is 8.19. The summed E-state index contributed by atoms with van der Waals surface area (Å²) in [6, 6.07) is 32.3. The highest BCUT2D eigenvalue weighted by Gasteiger charge is 2.29. The summed E-state index contributed by atoms with van der Waals surface area (Å²) in [6.45, 7) is 0. The summed E-state index contributed by atoms with van der Waals surface area (Å²) in [4.78, 5) is 2.35. The Balaban J connectivity index is 1.55. The van der Waals surface area contributed by atoms with Gasteiger partial charge in [-0.2, -0.15) is 0 Å². The monoisotopic (exact) mass is 397 g/mol. The summed E-state index contributed by atoms with van der Waals surface area (Å²) >= 11 is 0. The molecule has 2 heteroatoms. The number of para-hydroxylation sites is 2. The maximum absolute atomic E-state index is 6.56. The molecule has 0 amide bonds. The molecule has 7 rings (SSSR count). The summed E-state index contributed by atoms with van der Waals surface area (Å²) < 4.78 is 6.56. The third-order valence-corrected chi connectivity index (χ3v) is 6.40. The molecule has 0 atom stereocenters. The molecule has 146 valence electrons. The Kier molecular flexibility index (Phi) is 3.36. The van der Waals surface area contributed by atoms with Gasteiger partial charge in [0.05, 0.1) is 11.4 Å². The van der Waals surface area contributed by atoms with Gasteiger partial charge < -0.3 is 9.64 Å². The molecule has 2 aliphatic rings. The molecule has 0 N–H and O–H groups in total. The smallest absolute Gasteiger partial charge is 0.155 e. The standard InChI is InChI=1S/C29H19NO/c1-2-8-21-17-23(16-15-19(21)7-1)30-25-13-3-4-14-27(25)31-29-24-12-6-10-20-9-5-11-22(28(20)24)18-26(29)30/h1-11,13-18H,12H2. The number of fused-ring (bicyclic) bond motifs is 4. The van der Waals surface area contributed by atoms with Gasteiger partial charge in [0.1, 0.15) is 0 Å². The van der Waals surface area contributed by atoms with E-state index < -0.39 is 0 Å². The largest absolute Gasteiger partial charge is 0.453 e. The SMILES string of the molecule is C1=Cc2cccc3cc4c(c(c23)C1)Oc1ccccc1N4c1ccc2ccccc2c1. The molecule has 0 bridgehead atoms. The molecule has 0 radical (unpaired) electrons. The highest BCUT2D eigenvalue weighted by Crippen LogP contribution is 2.54. The Labute approximate surface area is 180 Å². The summed E-state index contributed by atoms with van der Waals surface area (Å²) in [5, 5.41) is 5.04. The normalized spacial score (nSPS) is 13.7. The molecule has 2 nitrogen and oxygen atoms in total. The Morgan fingerprint density at radius 2 is 1.52 bits per heavy atom. The molecule has 1 heterocycles. The van der Waals surface area contributed by atoms with E-state index in [4.69, 9.17) is 4.74 Å². The van der Waals surface area contributed by atoms with Crippen LogP contribution in [0.4, 0.5) is 17.1 Å². The fourth-order valence-electron chi connectivity index (χ4n) is 5.02. The first-order valence-electron chi connectivity index (χ1n) is 10.7. The molecule has 5 aromatic carbocycles. The lowest BCUT2D eigenvalue weighted by Crippen LogP contribution is -2.17. The summed E-state index contributed by atoms with van der Waals surface area (Å²) in [6.07, 6.45) is 5.34. The lowest BCUT2D eigenvalue weighted by atomic mass is 9.90. The highest BCUT2D eigenvalue weighted by atomic mass is 16.5. The lowest BCUT2D eigenvalue weighted by molar-refractivity contribution is 0.473. The van der Waals surface area contributed by atoms with Crippen molar-refractivity contribution in [3.63, 3.8) is 0 Å². The van der Waals surface area contributed by atoms with Gasteiger partial charge in [0.2, 0.25) is 0 Å². The van der Waals surface area contributed by atoms with E-state index in [-0.39, 0.29) is 0 Å². The van der Waals surface area contributed by atoms with E-state index in [0.29, 0.717) is 0 Å². The number of nitrogens with zero attached hydrogens (tertiary/aromatic N) is 1. The first-order chi connectivity index (χ1) is 15.4. The molecular weight excluding hydrogens is 378 g/mol. The van der Waals surface area contributed by atoms with Gasteiger partial charge in [0, 0.05) is 11.3 Å². The fraction of sp³-hybridized carbons (Fsp3) is 0.0345. The Hall–Kier alpha value is -4.04. The summed E-state index contributed by atoms with van der Waals surface area (Å²) in [7, 11) is 0. The second-order valence-corrected chi connectivity index (χ2v) is 8.19. The fourth-order valence-corrected chi connectivity index (χ4v) is 5.02. The predicted molar refractivity (Wildman–Crippen MR) is 129 cm³/mol. The molecule has 1 aliphatic carbocycles. The zero-order valence-corrected chi connectivity index (χ0v) is 16.9. The van der Waals surface area contributed by atoms with Crippen LogP contribution in [0.25, 0.3) is 27.6 Å². The minimum absolute atomic E-state index is 0.879. The van der Waals surface area contributed by atoms with Crippen molar-refractivity contribution in [2.45, 2.75) is 6.42 Å². The van der Waals surface area contributed by atoms with Gasteiger partial charge in [-0.25, -0.2) is 0 Å². The Bertz CT molecular complexity index is 1550. The van der Waals surface area contributed by atoms with Crippen LogP contribution < -0.4 is 9.64 Å². The van der Waals surface area contributed by atoms with E-state index in [1.807, 2.05) is 6.07 Å². The lowest BCUT2D eigenvalue weighted by Gasteiger charge is -2.35. The van der Waals surface area contributed by atoms with Gasteiger partial charge in [-0.3, -0.25) is 0 Å². The number of hydrogen-bond acceptors (Lipinski definition) is 2. The maximum Gasteiger partial charge on any atom is 0.155 e. The molecule has 31 heavy (non-hydrogen) atoms. The number of ether oxygens (including phenoxy) is 1. The molecule has 0 unspecified atom stereocenters. The molecule has 0 saturated carbocycles. The van der Waals surface area contributed by atoms with E-state index in [0.717, 1.165) is 35.0 Å². The number of benzene rings is 5. The van der Waals surface area contributed by atoms with Crippen LogP contribution in [0.1, 0.15) is 11.1 Å². The number of hydrogen-bond donors (Lipinski definition) is 0. The molecule has 0 aromatic heterocycles. The quantitative estimate of drug-likeness (QED) is 0.278. The first kappa shape index (κ1) is 16.7. The van der Waals surface area contributed by atoms with E-state index in [2.05, 4.69) is 102 Å². The molecular formula is C29H19NO. The van der Waals surface area contributed by atoms with Gasteiger partial charge in [-0.15, -0.1) is 0 Å². The van der Waals surface area contributed by atoms with Crippen LogP contribution in [0.15, 0.2) is 97.1 Å². The zero-order chi connectivity index (χ0) is 20.4. The van der Waals surface area contributed by atoms with E-state index in [9.17, 15) is 0 Å². The number of allylic oxidation sites excluding steroid dienone is 1. The van der Waals surface area contributed by atoms with Crippen molar-refractivity contribution < 1.29 is 4.74 Å². The van der Waals surface area contributed by atoms with Crippen LogP contribution >= 0.6 is 0 Å². The first-order valence-corrected chi connectivity index (χ1v) is 10.7. The molecule has 0 saturated heterocycles. The van der Waals surface area contributed by atoms with Gasteiger partial charge in [0.25, 0.3) is 0 Å². The second kappa shape index (κ2) is 6.23. The van der Waals surface area contributed by atoms with Crippen LogP contribution in [0.5, 0.6) is 11.5 Å². The minimum atomic E-state index is 0.879. The van der Waals surface area contributed by atoms with Crippen molar-refractivity contribution >= 4 is 44.7 Å². The van der Waals surface area contributed by atoms with Crippen molar-refractivity contribution in [2.75, 3.05) is 4.90 Å². The molecule has 5 aromatic rings. The van der Waals surface area contributed by atoms with Crippen molar-refractivity contribution in [3.8, 4) is 11.5 Å². The van der Waals surface area contributed by atoms with E-state index in [1.54, 1.807) is 0 Å². The summed E-state index contributed by atoms with van der Waals surface area (Å²) in [5.41, 5.74) is 5.85. The Morgan fingerprint density at radius 3 is 2.48 bits per heavy atom. The number of rotatable bonds is 1. The molecule has 0 fully saturated rings. The van der Waals surface area contributed by atoms with Crippen molar-refractivity contribution in [3.05, 3.63) is 108 Å². The highest BCUT2D eigenvalue weighted by molar-refractivity contribution is 6.03. The van der Waals surface area contributed by atoms with E-state index in [1.165, 1.54) is 32.7 Å². The van der Waals surface area contributed by atoms with Gasteiger partial charge in [0.15, 0.2) is 11.5 Å². The topological polar surface area (TPSA) is 12.5 Å². The Morgan fingerprint density at radius 1 is 0.677 bits per heavy atom. The third kappa shape index (κ3) is 2.39. The molecule has 0 spiro atoms. The average Bonchev–Trinajstić information content (AvgIpc) is 2.83. The third-order valence-electron chi connectivity index (χ3n) is 6.40. The summed E-state index contributed by atoms with van der Waals surface area (Å²) in [5.74, 6) is 1.86. The maximum atomic E-state index is 6.56. The van der Waals surface area contributed by atoms with Crippen molar-refractivity contribution in [1.82, 2.24) is 0 Å². The number of anilines is 3. The van der Waals surface area contributed by atoms with Gasteiger partial charge >= 0.3 is 0 Å². The van der Waals surface area contributed by atoms with Crippen LogP contribution in [0.3, 0.4) is 0 Å².